The van der Waals surface area contributed by atoms with Crippen molar-refractivity contribution in [3.05, 3.63) is 65.2 Å². The number of thioether (sulfide) groups is 1. The van der Waals surface area contributed by atoms with E-state index < -0.39 is 5.91 Å². The Hall–Kier alpha value is -2.80. The highest BCUT2D eigenvalue weighted by Crippen LogP contribution is 2.22. The number of carbonyl (C=O) groups excluding carboxylic acids is 3. The van der Waals surface area contributed by atoms with Crippen LogP contribution in [0.3, 0.4) is 0 Å². The van der Waals surface area contributed by atoms with Gasteiger partial charge in [-0.3, -0.25) is 14.4 Å². The van der Waals surface area contributed by atoms with E-state index in [0.29, 0.717) is 22.6 Å². The van der Waals surface area contributed by atoms with Gasteiger partial charge in [-0.1, -0.05) is 24.3 Å². The van der Waals surface area contributed by atoms with Gasteiger partial charge in [-0.2, -0.15) is 0 Å². The molecule has 3 rings (SSSR count). The fraction of sp³-hybridized carbons (Fsp3) is 0.318. The summed E-state index contributed by atoms with van der Waals surface area (Å²) in [5.74, 6) is -0.451. The maximum atomic E-state index is 12.6. The molecule has 0 bridgehead atoms. The van der Waals surface area contributed by atoms with Crippen molar-refractivity contribution in [2.75, 3.05) is 18.8 Å². The van der Waals surface area contributed by atoms with Crippen molar-refractivity contribution in [3.63, 3.8) is 0 Å². The third-order valence-electron chi connectivity index (χ3n) is 4.80. The van der Waals surface area contributed by atoms with Gasteiger partial charge < -0.3 is 16.0 Å². The molecule has 0 aliphatic carbocycles. The van der Waals surface area contributed by atoms with E-state index in [9.17, 15) is 14.4 Å². The van der Waals surface area contributed by atoms with Gasteiger partial charge in [0.05, 0.1) is 11.3 Å². The van der Waals surface area contributed by atoms with E-state index in [2.05, 4.69) is 5.32 Å². The monoisotopic (exact) mass is 411 g/mol. The van der Waals surface area contributed by atoms with Crippen LogP contribution in [0, 0.1) is 0 Å². The average molecular weight is 412 g/mol. The van der Waals surface area contributed by atoms with Gasteiger partial charge in [-0.05, 0) is 49.1 Å². The van der Waals surface area contributed by atoms with Crippen LogP contribution in [-0.2, 0) is 11.3 Å². The first-order valence-electron chi connectivity index (χ1n) is 9.71. The van der Waals surface area contributed by atoms with Crippen molar-refractivity contribution in [1.82, 2.24) is 10.2 Å². The molecule has 6 nitrogen and oxygen atoms in total. The van der Waals surface area contributed by atoms with Crippen LogP contribution in [0.4, 0.5) is 0 Å². The Morgan fingerprint density at radius 1 is 0.966 bits per heavy atom. The minimum atomic E-state index is -0.426. The summed E-state index contributed by atoms with van der Waals surface area (Å²) < 4.78 is 0. The van der Waals surface area contributed by atoms with E-state index in [4.69, 9.17) is 5.73 Å². The van der Waals surface area contributed by atoms with Crippen molar-refractivity contribution in [2.45, 2.75) is 30.7 Å². The Morgan fingerprint density at radius 3 is 2.34 bits per heavy atom. The summed E-state index contributed by atoms with van der Waals surface area (Å²) in [5, 5.41) is 2.89. The molecule has 7 heteroatoms. The molecule has 3 N–H and O–H groups in total. The summed E-state index contributed by atoms with van der Waals surface area (Å²) in [5.41, 5.74) is 7.29. The Morgan fingerprint density at radius 2 is 1.66 bits per heavy atom. The minimum absolute atomic E-state index is 0.0701. The van der Waals surface area contributed by atoms with E-state index >= 15 is 0 Å². The zero-order chi connectivity index (χ0) is 20.6. The van der Waals surface area contributed by atoms with Gasteiger partial charge in [0.1, 0.15) is 0 Å². The summed E-state index contributed by atoms with van der Waals surface area (Å²) in [7, 11) is 0. The van der Waals surface area contributed by atoms with Gasteiger partial charge >= 0.3 is 0 Å². The normalized spacial score (nSPS) is 13.7. The first-order valence-corrected chi connectivity index (χ1v) is 10.7. The summed E-state index contributed by atoms with van der Waals surface area (Å²) in [6.07, 6.45) is 3.32. The third kappa shape index (κ3) is 5.84. The lowest BCUT2D eigenvalue weighted by molar-refractivity contribution is -0.115. The highest BCUT2D eigenvalue weighted by atomic mass is 32.2. The fourth-order valence-corrected chi connectivity index (χ4v) is 4.04. The lowest BCUT2D eigenvalue weighted by Crippen LogP contribution is -2.35. The maximum Gasteiger partial charge on any atom is 0.253 e. The number of carbonyl (C=O) groups is 3. The number of primary amides is 1. The number of hydrogen-bond acceptors (Lipinski definition) is 4. The number of piperidine rings is 1. The highest BCUT2D eigenvalue weighted by molar-refractivity contribution is 8.00. The number of likely N-dealkylation sites (tertiary alicyclic amines) is 1. The van der Waals surface area contributed by atoms with Gasteiger partial charge in [0.15, 0.2) is 0 Å². The average Bonchev–Trinajstić information content (AvgIpc) is 2.76. The second kappa shape index (κ2) is 10.1. The molecule has 1 aliphatic heterocycles. The van der Waals surface area contributed by atoms with Gasteiger partial charge in [0.25, 0.3) is 11.8 Å². The van der Waals surface area contributed by atoms with Crippen LogP contribution in [0.25, 0.3) is 0 Å². The number of hydrogen-bond donors (Lipinski definition) is 2. The van der Waals surface area contributed by atoms with Crippen molar-refractivity contribution >= 4 is 29.5 Å². The molecule has 0 aromatic heterocycles. The van der Waals surface area contributed by atoms with E-state index in [1.807, 2.05) is 35.2 Å². The number of benzene rings is 2. The SMILES string of the molecule is NC(=O)CSc1ccccc1C(=O)NCc1ccc(C(=O)N2CCCCC2)cc1. The van der Waals surface area contributed by atoms with Crippen LogP contribution in [-0.4, -0.2) is 41.5 Å². The quantitative estimate of drug-likeness (QED) is 0.685. The van der Waals surface area contributed by atoms with Gasteiger partial charge in [-0.15, -0.1) is 11.8 Å². The minimum Gasteiger partial charge on any atom is -0.369 e. The molecule has 29 heavy (non-hydrogen) atoms. The predicted octanol–water partition coefficient (Wildman–Crippen LogP) is 2.82. The molecule has 3 amide bonds. The molecular weight excluding hydrogens is 386 g/mol. The molecule has 1 heterocycles. The molecule has 1 aliphatic rings. The van der Waals surface area contributed by atoms with E-state index in [-0.39, 0.29) is 17.6 Å². The van der Waals surface area contributed by atoms with Crippen LogP contribution >= 0.6 is 11.8 Å². The number of nitrogens with two attached hydrogens (primary N) is 1. The number of nitrogens with one attached hydrogen (secondary N) is 1. The molecule has 0 radical (unpaired) electrons. The third-order valence-corrected chi connectivity index (χ3v) is 5.89. The summed E-state index contributed by atoms with van der Waals surface area (Å²) in [4.78, 5) is 38.7. The summed E-state index contributed by atoms with van der Waals surface area (Å²) in [6, 6.07) is 14.5. The first-order chi connectivity index (χ1) is 14.0. The summed E-state index contributed by atoms with van der Waals surface area (Å²) in [6.45, 7) is 2.00. The second-order valence-corrected chi connectivity index (χ2v) is 8.00. The van der Waals surface area contributed by atoms with Crippen LogP contribution in [0.5, 0.6) is 0 Å². The van der Waals surface area contributed by atoms with Crippen LogP contribution in [0.15, 0.2) is 53.4 Å². The second-order valence-electron chi connectivity index (χ2n) is 6.98. The van der Waals surface area contributed by atoms with Crippen molar-refractivity contribution in [2.24, 2.45) is 5.73 Å². The fourth-order valence-electron chi connectivity index (χ4n) is 3.25. The molecule has 0 saturated carbocycles. The smallest absolute Gasteiger partial charge is 0.253 e. The van der Waals surface area contributed by atoms with Crippen molar-refractivity contribution < 1.29 is 14.4 Å². The van der Waals surface area contributed by atoms with Gasteiger partial charge in [0.2, 0.25) is 5.91 Å². The van der Waals surface area contributed by atoms with E-state index in [0.717, 1.165) is 31.5 Å². The van der Waals surface area contributed by atoms with E-state index in [1.165, 1.54) is 18.2 Å². The number of amides is 3. The zero-order valence-corrected chi connectivity index (χ0v) is 17.0. The summed E-state index contributed by atoms with van der Waals surface area (Å²) >= 11 is 1.25. The standard InChI is InChI=1S/C22H25N3O3S/c23-20(26)15-29-19-7-3-2-6-18(19)21(27)24-14-16-8-10-17(11-9-16)22(28)25-12-4-1-5-13-25/h2-3,6-11H,1,4-5,12-15H2,(H2,23,26)(H,24,27). The largest absolute Gasteiger partial charge is 0.369 e. The molecular formula is C22H25N3O3S. The predicted molar refractivity (Wildman–Crippen MR) is 114 cm³/mol. The number of nitrogens with zero attached hydrogens (tertiary/aromatic N) is 1. The molecule has 0 atom stereocenters. The zero-order valence-electron chi connectivity index (χ0n) is 16.2. The molecule has 0 spiro atoms. The maximum absolute atomic E-state index is 12.6. The Kier molecular flexibility index (Phi) is 7.30. The van der Waals surface area contributed by atoms with Crippen LogP contribution in [0.1, 0.15) is 45.5 Å². The van der Waals surface area contributed by atoms with Crippen molar-refractivity contribution in [3.8, 4) is 0 Å². The molecule has 1 fully saturated rings. The van der Waals surface area contributed by atoms with Crippen LogP contribution < -0.4 is 11.1 Å². The first kappa shape index (κ1) is 20.9. The van der Waals surface area contributed by atoms with Crippen molar-refractivity contribution in [1.29, 1.82) is 0 Å². The Labute approximate surface area is 174 Å². The van der Waals surface area contributed by atoms with E-state index in [1.54, 1.807) is 18.2 Å². The Balaban J connectivity index is 1.58. The highest BCUT2D eigenvalue weighted by Gasteiger charge is 2.18. The molecule has 2 aromatic carbocycles. The molecule has 152 valence electrons. The van der Waals surface area contributed by atoms with Gasteiger partial charge in [0, 0.05) is 30.1 Å². The molecule has 0 unspecified atom stereocenters. The lowest BCUT2D eigenvalue weighted by Gasteiger charge is -2.26. The number of rotatable bonds is 7. The molecule has 2 aromatic rings. The Bertz CT molecular complexity index is 877. The lowest BCUT2D eigenvalue weighted by atomic mass is 10.1. The molecule has 1 saturated heterocycles. The van der Waals surface area contributed by atoms with Gasteiger partial charge in [-0.25, -0.2) is 0 Å². The van der Waals surface area contributed by atoms with Crippen LogP contribution in [0.2, 0.25) is 0 Å². The topological polar surface area (TPSA) is 92.5 Å².